The molecule has 0 fully saturated rings. The minimum absolute atomic E-state index is 0.0265. The fraction of sp³-hybridized carbons (Fsp3) is 0.300. The van der Waals surface area contributed by atoms with Gasteiger partial charge < -0.3 is 14.2 Å². The zero-order valence-corrected chi connectivity index (χ0v) is 19.1. The van der Waals surface area contributed by atoms with Gasteiger partial charge in [-0.3, -0.25) is 14.1 Å². The first kappa shape index (κ1) is 22.6. The molecule has 0 unspecified atom stereocenters. The van der Waals surface area contributed by atoms with Gasteiger partial charge in [0.05, 0.1) is 47.7 Å². The first-order valence-electron chi connectivity index (χ1n) is 9.26. The molecule has 0 saturated heterocycles. The van der Waals surface area contributed by atoms with Crippen LogP contribution in [-0.2, 0) is 21.3 Å². The molecular formula is C20H22N2O7S2. The number of carbonyl (C=O) groups excluding carboxylic acids is 1. The van der Waals surface area contributed by atoms with Crippen LogP contribution in [0.4, 0.5) is 5.69 Å². The van der Waals surface area contributed by atoms with Crippen LogP contribution in [0.2, 0.25) is 0 Å². The van der Waals surface area contributed by atoms with Crippen molar-refractivity contribution in [1.29, 1.82) is 0 Å². The minimum atomic E-state index is -4.09. The number of aryl methyl sites for hydroxylation is 1. The SMILES string of the molecule is CCCn1c(=O)sc2cc(S(=O)(=O)Nc3cc(OC)c(OC)cc3C(=O)OC)ccc21. The number of hydrogen-bond acceptors (Lipinski definition) is 8. The van der Waals surface area contributed by atoms with Gasteiger partial charge in [0.25, 0.3) is 10.0 Å². The third kappa shape index (κ3) is 4.37. The molecule has 0 aliphatic heterocycles. The highest BCUT2D eigenvalue weighted by atomic mass is 32.2. The molecule has 1 heterocycles. The van der Waals surface area contributed by atoms with Crippen molar-refractivity contribution in [2.24, 2.45) is 0 Å². The lowest BCUT2D eigenvalue weighted by molar-refractivity contribution is 0.0601. The van der Waals surface area contributed by atoms with Gasteiger partial charge in [0.1, 0.15) is 0 Å². The van der Waals surface area contributed by atoms with Crippen LogP contribution in [0.1, 0.15) is 23.7 Å². The number of nitrogens with one attached hydrogen (secondary N) is 1. The maximum atomic E-state index is 13.1. The average molecular weight is 467 g/mol. The Morgan fingerprint density at radius 3 is 2.39 bits per heavy atom. The summed E-state index contributed by atoms with van der Waals surface area (Å²) in [4.78, 5) is 24.2. The molecule has 0 amide bonds. The highest BCUT2D eigenvalue weighted by Crippen LogP contribution is 2.35. The van der Waals surface area contributed by atoms with E-state index in [0.717, 1.165) is 17.8 Å². The van der Waals surface area contributed by atoms with Gasteiger partial charge in [0, 0.05) is 18.7 Å². The third-order valence-electron chi connectivity index (χ3n) is 4.57. The molecule has 9 nitrogen and oxygen atoms in total. The van der Waals surface area contributed by atoms with Crippen LogP contribution in [-0.4, -0.2) is 40.3 Å². The summed E-state index contributed by atoms with van der Waals surface area (Å²) < 4.78 is 45.9. The number of anilines is 1. The Morgan fingerprint density at radius 1 is 1.10 bits per heavy atom. The van der Waals surface area contributed by atoms with Gasteiger partial charge in [-0.2, -0.15) is 0 Å². The van der Waals surface area contributed by atoms with Crippen LogP contribution < -0.4 is 19.1 Å². The maximum Gasteiger partial charge on any atom is 0.340 e. The molecule has 11 heteroatoms. The Balaban J connectivity index is 2.07. The molecule has 0 spiro atoms. The Hall–Kier alpha value is -3.05. The zero-order valence-electron chi connectivity index (χ0n) is 17.4. The second-order valence-corrected chi connectivity index (χ2v) is 9.17. The number of aromatic nitrogens is 1. The second kappa shape index (κ2) is 8.98. The molecule has 0 atom stereocenters. The fourth-order valence-corrected chi connectivity index (χ4v) is 5.22. The van der Waals surface area contributed by atoms with Gasteiger partial charge in [0.2, 0.25) is 0 Å². The van der Waals surface area contributed by atoms with E-state index in [1.165, 1.54) is 45.6 Å². The van der Waals surface area contributed by atoms with Gasteiger partial charge in [-0.05, 0) is 24.6 Å². The van der Waals surface area contributed by atoms with E-state index in [4.69, 9.17) is 14.2 Å². The number of esters is 1. The van der Waals surface area contributed by atoms with Crippen molar-refractivity contribution >= 4 is 43.2 Å². The number of methoxy groups -OCH3 is 3. The van der Waals surface area contributed by atoms with Crippen LogP contribution in [0, 0.1) is 0 Å². The molecule has 31 heavy (non-hydrogen) atoms. The number of rotatable bonds is 8. The van der Waals surface area contributed by atoms with Gasteiger partial charge in [-0.25, -0.2) is 13.2 Å². The van der Waals surface area contributed by atoms with E-state index in [-0.39, 0.29) is 32.5 Å². The molecule has 1 aromatic heterocycles. The van der Waals surface area contributed by atoms with Gasteiger partial charge >= 0.3 is 10.8 Å². The third-order valence-corrected chi connectivity index (χ3v) is 6.88. The molecule has 3 rings (SSSR count). The van der Waals surface area contributed by atoms with E-state index in [1.807, 2.05) is 6.92 Å². The molecule has 0 aliphatic rings. The van der Waals surface area contributed by atoms with Gasteiger partial charge in [-0.1, -0.05) is 18.3 Å². The summed E-state index contributed by atoms with van der Waals surface area (Å²) in [5.74, 6) is -0.267. The highest BCUT2D eigenvalue weighted by molar-refractivity contribution is 7.92. The van der Waals surface area contributed by atoms with Crippen LogP contribution in [0.15, 0.2) is 40.0 Å². The molecule has 0 bridgehead atoms. The Morgan fingerprint density at radius 2 is 1.77 bits per heavy atom. The van der Waals surface area contributed by atoms with Crippen molar-refractivity contribution < 1.29 is 27.4 Å². The fourth-order valence-electron chi connectivity index (χ4n) is 3.10. The predicted molar refractivity (Wildman–Crippen MR) is 118 cm³/mol. The Labute approximate surface area is 183 Å². The summed E-state index contributed by atoms with van der Waals surface area (Å²) in [7, 11) is -0.109. The molecule has 0 aliphatic carbocycles. The second-order valence-electron chi connectivity index (χ2n) is 6.50. The number of thiazole rings is 1. The number of fused-ring (bicyclic) bond motifs is 1. The monoisotopic (exact) mass is 466 g/mol. The summed E-state index contributed by atoms with van der Waals surface area (Å²) in [6.45, 7) is 2.51. The molecule has 3 aromatic rings. The molecule has 0 radical (unpaired) electrons. The predicted octanol–water partition coefficient (Wildman–Crippen LogP) is 3.08. The molecule has 166 valence electrons. The minimum Gasteiger partial charge on any atom is -0.493 e. The van der Waals surface area contributed by atoms with Crippen LogP contribution in [0.25, 0.3) is 10.2 Å². The number of nitrogens with zero attached hydrogens (tertiary/aromatic N) is 1. The van der Waals surface area contributed by atoms with Crippen molar-refractivity contribution in [3.05, 3.63) is 45.6 Å². The Bertz CT molecular complexity index is 1290. The van der Waals surface area contributed by atoms with E-state index in [2.05, 4.69) is 4.72 Å². The highest BCUT2D eigenvalue weighted by Gasteiger charge is 2.23. The van der Waals surface area contributed by atoms with E-state index in [0.29, 0.717) is 16.8 Å². The number of hydrogen-bond donors (Lipinski definition) is 1. The topological polar surface area (TPSA) is 113 Å². The lowest BCUT2D eigenvalue weighted by atomic mass is 10.1. The molecule has 0 saturated carbocycles. The van der Waals surface area contributed by atoms with Crippen molar-refractivity contribution in [2.45, 2.75) is 24.8 Å². The number of benzene rings is 2. The average Bonchev–Trinajstić information content (AvgIpc) is 3.07. The number of carbonyl (C=O) groups is 1. The summed E-state index contributed by atoms with van der Waals surface area (Å²) >= 11 is 0.982. The molecular weight excluding hydrogens is 444 g/mol. The van der Waals surface area contributed by atoms with Crippen LogP contribution >= 0.6 is 11.3 Å². The first-order valence-corrected chi connectivity index (χ1v) is 11.6. The standard InChI is InChI=1S/C20H22N2O7S2/c1-5-8-22-15-7-6-12(9-18(15)30-20(22)24)31(25,26)21-14-11-17(28-3)16(27-2)10-13(14)19(23)29-4/h6-7,9-11,21H,5,8H2,1-4H3. The van der Waals surface area contributed by atoms with E-state index >= 15 is 0 Å². The number of ether oxygens (including phenoxy) is 3. The van der Waals surface area contributed by atoms with Crippen LogP contribution in [0.5, 0.6) is 11.5 Å². The molecule has 1 N–H and O–H groups in total. The smallest absolute Gasteiger partial charge is 0.340 e. The summed E-state index contributed by atoms with van der Waals surface area (Å²) in [5, 5.41) is 0. The summed E-state index contributed by atoms with van der Waals surface area (Å²) in [5.41, 5.74) is 0.613. The van der Waals surface area contributed by atoms with Crippen LogP contribution in [0.3, 0.4) is 0 Å². The van der Waals surface area contributed by atoms with Crippen molar-refractivity contribution in [1.82, 2.24) is 4.57 Å². The van der Waals surface area contributed by atoms with Gasteiger partial charge in [-0.15, -0.1) is 0 Å². The van der Waals surface area contributed by atoms with Crippen molar-refractivity contribution in [3.63, 3.8) is 0 Å². The van der Waals surface area contributed by atoms with Crippen molar-refractivity contribution in [2.75, 3.05) is 26.1 Å². The maximum absolute atomic E-state index is 13.1. The van der Waals surface area contributed by atoms with Gasteiger partial charge in [0.15, 0.2) is 11.5 Å². The number of sulfonamides is 1. The summed E-state index contributed by atoms with van der Waals surface area (Å²) in [6, 6.07) is 7.14. The molecule has 2 aromatic carbocycles. The largest absolute Gasteiger partial charge is 0.493 e. The first-order chi connectivity index (χ1) is 14.7. The van der Waals surface area contributed by atoms with E-state index in [1.54, 1.807) is 10.6 Å². The normalized spacial score (nSPS) is 11.4. The zero-order chi connectivity index (χ0) is 22.8. The lowest BCUT2D eigenvalue weighted by Crippen LogP contribution is -2.16. The van der Waals surface area contributed by atoms with E-state index in [9.17, 15) is 18.0 Å². The quantitative estimate of drug-likeness (QED) is 0.508. The lowest BCUT2D eigenvalue weighted by Gasteiger charge is -2.15. The van der Waals surface area contributed by atoms with E-state index < -0.39 is 16.0 Å². The Kier molecular flexibility index (Phi) is 6.56. The summed E-state index contributed by atoms with van der Waals surface area (Å²) in [6.07, 6.45) is 0.781. The van der Waals surface area contributed by atoms with Crippen molar-refractivity contribution in [3.8, 4) is 11.5 Å².